The standard InChI is InChI=1S/C40H49N3O7/c1-25-12-10-14-26(18-25)27-15-11-16-28(19-27)36(46)42-22-30-23-43-34(32(30)24-42)35(45)41-40(38(48)49)21-31(40)17-9-7-5-6-8-13-29(37(43)47)20-33(44)50-39(2,3)4/h9-12,14-19,29-32,34H,5-8,13,20-24H2,1-4H3,(H,41,45)(H,48,49)/b17-9-/t29-,30-,31+,32-,34-,40+/m0/s1. The van der Waals surface area contributed by atoms with Crippen LogP contribution in [0.3, 0.4) is 0 Å². The highest BCUT2D eigenvalue weighted by Crippen LogP contribution is 2.46. The number of nitrogens with one attached hydrogen (secondary N) is 1. The van der Waals surface area contributed by atoms with Gasteiger partial charge < -0.3 is 25.0 Å². The van der Waals surface area contributed by atoms with Gasteiger partial charge in [-0.2, -0.15) is 0 Å². The van der Waals surface area contributed by atoms with Crippen LogP contribution in [0.25, 0.3) is 11.1 Å². The Bertz CT molecular complexity index is 1700. The lowest BCUT2D eigenvalue weighted by atomic mass is 9.92. The fraction of sp³-hybridized carbons (Fsp3) is 0.525. The topological polar surface area (TPSA) is 133 Å². The third-order valence-electron chi connectivity index (χ3n) is 10.7. The lowest BCUT2D eigenvalue weighted by Crippen LogP contribution is -2.56. The van der Waals surface area contributed by atoms with Gasteiger partial charge in [0.2, 0.25) is 11.8 Å². The zero-order valence-electron chi connectivity index (χ0n) is 29.5. The van der Waals surface area contributed by atoms with E-state index in [1.54, 1.807) is 36.6 Å². The van der Waals surface area contributed by atoms with Gasteiger partial charge in [0.05, 0.1) is 6.42 Å². The van der Waals surface area contributed by atoms with E-state index >= 15 is 0 Å². The Hall–Kier alpha value is -4.47. The van der Waals surface area contributed by atoms with Gasteiger partial charge in [0, 0.05) is 48.9 Å². The fourth-order valence-electron chi connectivity index (χ4n) is 8.09. The van der Waals surface area contributed by atoms with E-state index in [2.05, 4.69) is 11.4 Å². The number of nitrogens with zero attached hydrogens (tertiary/aromatic N) is 2. The first kappa shape index (κ1) is 35.4. The number of carbonyl (C=O) groups is 5. The van der Waals surface area contributed by atoms with E-state index in [4.69, 9.17) is 4.74 Å². The van der Waals surface area contributed by atoms with Gasteiger partial charge in [-0.1, -0.05) is 67.0 Å². The summed E-state index contributed by atoms with van der Waals surface area (Å²) in [6, 6.07) is 14.6. The molecule has 0 bridgehead atoms. The highest BCUT2D eigenvalue weighted by atomic mass is 16.6. The maximum Gasteiger partial charge on any atom is 0.330 e. The highest BCUT2D eigenvalue weighted by molar-refractivity contribution is 5.97. The molecule has 1 saturated carbocycles. The number of aliphatic carboxylic acids is 1. The molecule has 10 heteroatoms. The van der Waals surface area contributed by atoms with Crippen LogP contribution in [0.1, 0.15) is 81.6 Å². The molecule has 1 aliphatic carbocycles. The molecule has 3 aliphatic heterocycles. The fourth-order valence-corrected chi connectivity index (χ4v) is 8.09. The van der Waals surface area contributed by atoms with Crippen LogP contribution >= 0.6 is 0 Å². The van der Waals surface area contributed by atoms with E-state index in [0.29, 0.717) is 18.5 Å². The molecule has 2 N–H and O–H groups in total. The third-order valence-corrected chi connectivity index (χ3v) is 10.7. The number of benzene rings is 2. The number of hydrogen-bond acceptors (Lipinski definition) is 6. The largest absolute Gasteiger partial charge is 0.479 e. The molecule has 0 spiro atoms. The molecule has 266 valence electrons. The van der Waals surface area contributed by atoms with Crippen molar-refractivity contribution in [2.24, 2.45) is 23.7 Å². The molecule has 10 nitrogen and oxygen atoms in total. The zero-order valence-corrected chi connectivity index (χ0v) is 29.5. The second-order valence-corrected chi connectivity index (χ2v) is 15.6. The lowest BCUT2D eigenvalue weighted by molar-refractivity contribution is -0.159. The van der Waals surface area contributed by atoms with Crippen molar-refractivity contribution in [3.05, 3.63) is 71.8 Å². The first-order chi connectivity index (χ1) is 23.8. The van der Waals surface area contributed by atoms with Crippen molar-refractivity contribution in [2.45, 2.75) is 89.8 Å². The number of aryl methyl sites for hydroxylation is 1. The Morgan fingerprint density at radius 3 is 2.44 bits per heavy atom. The van der Waals surface area contributed by atoms with Crippen LogP contribution in [0.2, 0.25) is 0 Å². The number of carboxylic acids is 1. The smallest absolute Gasteiger partial charge is 0.330 e. The van der Waals surface area contributed by atoms with Crippen molar-refractivity contribution in [2.75, 3.05) is 19.6 Å². The summed E-state index contributed by atoms with van der Waals surface area (Å²) in [5.41, 5.74) is 1.47. The SMILES string of the molecule is Cc1cccc(-c2cccc(C(=O)N3C[C@H]4CN5C(=O)[C@H](CC(=O)OC(C)(C)C)CCCCC/C=C\[C@@H]6C[C@@]6(C(=O)O)NC(=O)[C@@H]5[C@H]4C3)c2)c1. The molecule has 6 rings (SSSR count). The number of likely N-dealkylation sites (tertiary alicyclic amines) is 1. The van der Waals surface area contributed by atoms with Crippen LogP contribution < -0.4 is 5.32 Å². The Morgan fingerprint density at radius 1 is 0.980 bits per heavy atom. The van der Waals surface area contributed by atoms with Crippen molar-refractivity contribution < 1.29 is 33.8 Å². The number of amides is 3. The summed E-state index contributed by atoms with van der Waals surface area (Å²) in [6.07, 6.45) is 7.76. The quantitative estimate of drug-likeness (QED) is 0.319. The Morgan fingerprint density at radius 2 is 1.72 bits per heavy atom. The molecule has 2 saturated heterocycles. The monoisotopic (exact) mass is 683 g/mol. The minimum Gasteiger partial charge on any atom is -0.479 e. The van der Waals surface area contributed by atoms with Crippen molar-refractivity contribution in [3.8, 4) is 11.1 Å². The van der Waals surface area contributed by atoms with Gasteiger partial charge in [0.1, 0.15) is 17.2 Å². The van der Waals surface area contributed by atoms with Crippen molar-refractivity contribution in [1.29, 1.82) is 0 Å². The summed E-state index contributed by atoms with van der Waals surface area (Å²) >= 11 is 0. The van der Waals surface area contributed by atoms with Crippen LogP contribution in [0.4, 0.5) is 0 Å². The average molecular weight is 684 g/mol. The molecule has 0 radical (unpaired) electrons. The van der Waals surface area contributed by atoms with Gasteiger partial charge >= 0.3 is 11.9 Å². The Kier molecular flexibility index (Phi) is 9.93. The number of ether oxygens (including phenoxy) is 1. The van der Waals surface area contributed by atoms with E-state index in [1.807, 2.05) is 55.5 Å². The molecule has 2 aromatic carbocycles. The van der Waals surface area contributed by atoms with Gasteiger partial charge in [-0.05, 0) is 76.6 Å². The van der Waals surface area contributed by atoms with Crippen LogP contribution in [0.15, 0.2) is 60.7 Å². The normalized spacial score (nSPS) is 29.1. The van der Waals surface area contributed by atoms with Crippen LogP contribution in [0.5, 0.6) is 0 Å². The average Bonchev–Trinajstić information content (AvgIpc) is 3.41. The zero-order chi connectivity index (χ0) is 35.8. The molecule has 6 atom stereocenters. The molecular formula is C40H49N3O7. The van der Waals surface area contributed by atoms with E-state index in [0.717, 1.165) is 42.4 Å². The summed E-state index contributed by atoms with van der Waals surface area (Å²) in [5.74, 6) is -4.12. The molecular weight excluding hydrogens is 634 g/mol. The number of fused-ring (bicyclic) bond motifs is 4. The van der Waals surface area contributed by atoms with E-state index in [1.165, 1.54) is 0 Å². The Labute approximate surface area is 294 Å². The predicted molar refractivity (Wildman–Crippen MR) is 188 cm³/mol. The summed E-state index contributed by atoms with van der Waals surface area (Å²) < 4.78 is 5.60. The summed E-state index contributed by atoms with van der Waals surface area (Å²) in [7, 11) is 0. The maximum atomic E-state index is 14.4. The number of esters is 1. The molecule has 0 unspecified atom stereocenters. The molecule has 50 heavy (non-hydrogen) atoms. The molecule has 2 aromatic rings. The van der Waals surface area contributed by atoms with E-state index < -0.39 is 40.9 Å². The molecule has 3 amide bonds. The van der Waals surface area contributed by atoms with E-state index in [-0.39, 0.29) is 55.5 Å². The van der Waals surface area contributed by atoms with Crippen LogP contribution in [0, 0.1) is 30.6 Å². The first-order valence-electron chi connectivity index (χ1n) is 18.0. The summed E-state index contributed by atoms with van der Waals surface area (Å²) in [5, 5.41) is 13.1. The second-order valence-electron chi connectivity index (χ2n) is 15.6. The minimum atomic E-state index is -1.43. The van der Waals surface area contributed by atoms with Gasteiger partial charge in [-0.25, -0.2) is 4.79 Å². The second kappa shape index (κ2) is 14.0. The van der Waals surface area contributed by atoms with Crippen molar-refractivity contribution >= 4 is 29.7 Å². The molecule has 4 aliphatic rings. The molecule has 3 heterocycles. The van der Waals surface area contributed by atoms with Gasteiger partial charge in [0.25, 0.3) is 5.91 Å². The van der Waals surface area contributed by atoms with Crippen molar-refractivity contribution in [1.82, 2.24) is 15.1 Å². The van der Waals surface area contributed by atoms with Gasteiger partial charge in [0.15, 0.2) is 0 Å². The van der Waals surface area contributed by atoms with E-state index in [9.17, 15) is 29.1 Å². The number of rotatable bonds is 5. The third kappa shape index (κ3) is 7.49. The Balaban J connectivity index is 1.27. The maximum absolute atomic E-state index is 14.4. The number of carbonyl (C=O) groups excluding carboxylic acids is 4. The number of hydrogen-bond donors (Lipinski definition) is 2. The van der Waals surface area contributed by atoms with Crippen molar-refractivity contribution in [3.63, 3.8) is 0 Å². The lowest BCUT2D eigenvalue weighted by Gasteiger charge is -2.32. The number of allylic oxidation sites excluding steroid dienone is 1. The summed E-state index contributed by atoms with van der Waals surface area (Å²) in [6.45, 7) is 8.23. The number of carboxylic acid groups (broad SMARTS) is 1. The molecule has 0 aromatic heterocycles. The predicted octanol–water partition coefficient (Wildman–Crippen LogP) is 5.39. The molecule has 3 fully saturated rings. The van der Waals surface area contributed by atoms with Gasteiger partial charge in [-0.15, -0.1) is 0 Å². The van der Waals surface area contributed by atoms with Crippen LogP contribution in [-0.4, -0.2) is 81.4 Å². The highest BCUT2D eigenvalue weighted by Gasteiger charge is 2.62. The first-order valence-corrected chi connectivity index (χ1v) is 18.0. The summed E-state index contributed by atoms with van der Waals surface area (Å²) in [4.78, 5) is 71.5. The van der Waals surface area contributed by atoms with Gasteiger partial charge in [-0.3, -0.25) is 19.2 Å². The van der Waals surface area contributed by atoms with Crippen LogP contribution in [-0.2, 0) is 23.9 Å². The minimum absolute atomic E-state index is 0.0980.